The van der Waals surface area contributed by atoms with E-state index >= 15 is 0 Å². The van der Waals surface area contributed by atoms with E-state index < -0.39 is 17.6 Å². The Morgan fingerprint density at radius 1 is 1.54 bits per heavy atom. The fraction of sp³-hybridized carbons (Fsp3) is 0.500. The van der Waals surface area contributed by atoms with Crippen LogP contribution in [0.15, 0.2) is 0 Å². The van der Waals surface area contributed by atoms with E-state index in [1.807, 2.05) is 0 Å². The van der Waals surface area contributed by atoms with Crippen LogP contribution >= 0.6 is 0 Å². The number of nitrogens with zero attached hydrogens (tertiary/aromatic N) is 1. The molecule has 0 aliphatic rings. The van der Waals surface area contributed by atoms with Crippen LogP contribution in [0, 0.1) is 17.2 Å². The monoisotopic (exact) mass is 181 g/mol. The molecule has 1 radical (unpaired) electrons. The van der Waals surface area contributed by atoms with Crippen molar-refractivity contribution < 1.29 is 14.4 Å². The number of amides is 1. The zero-order chi connectivity index (χ0) is 10.3. The molecule has 0 spiro atoms. The van der Waals surface area contributed by atoms with Crippen LogP contribution in [-0.2, 0) is 14.4 Å². The first kappa shape index (κ1) is 11.3. The standard InChI is InChI=1S/C8H9N2O3/c1-6(12)7(5-9)8(13)10-3-2-4-11/h7H,2-3H2,1H3,(H,10,13)/t7-/m0/s1. The van der Waals surface area contributed by atoms with Gasteiger partial charge in [0.05, 0.1) is 6.07 Å². The van der Waals surface area contributed by atoms with E-state index in [0.29, 0.717) is 0 Å². The number of hydrogen-bond donors (Lipinski definition) is 1. The summed E-state index contributed by atoms with van der Waals surface area (Å²) < 4.78 is 0. The number of carbonyl (C=O) groups excluding carboxylic acids is 3. The Morgan fingerprint density at radius 3 is 2.54 bits per heavy atom. The predicted molar refractivity (Wildman–Crippen MR) is 43.1 cm³/mol. The Hall–Kier alpha value is -1.70. The number of Topliss-reactive ketones (excluding diaryl/α,β-unsaturated/α-hetero) is 1. The van der Waals surface area contributed by atoms with Crippen molar-refractivity contribution in [2.24, 2.45) is 5.92 Å². The molecule has 69 valence electrons. The molecule has 0 unspecified atom stereocenters. The molecule has 0 bridgehead atoms. The second kappa shape index (κ2) is 5.89. The van der Waals surface area contributed by atoms with Gasteiger partial charge in [-0.25, -0.2) is 0 Å². The molecule has 0 aromatic rings. The van der Waals surface area contributed by atoms with Gasteiger partial charge in [-0.3, -0.25) is 14.4 Å². The molecule has 0 aromatic heterocycles. The largest absolute Gasteiger partial charge is 0.354 e. The van der Waals surface area contributed by atoms with Crippen molar-refractivity contribution in [2.75, 3.05) is 6.54 Å². The van der Waals surface area contributed by atoms with Crippen molar-refractivity contribution in [3.8, 4) is 6.07 Å². The van der Waals surface area contributed by atoms with Crippen LogP contribution in [0.2, 0.25) is 0 Å². The van der Waals surface area contributed by atoms with Gasteiger partial charge in [-0.05, 0) is 6.92 Å². The van der Waals surface area contributed by atoms with Gasteiger partial charge in [0.15, 0.2) is 18.0 Å². The van der Waals surface area contributed by atoms with Gasteiger partial charge in [-0.1, -0.05) is 0 Å². The van der Waals surface area contributed by atoms with E-state index in [1.54, 1.807) is 12.4 Å². The number of rotatable bonds is 5. The third-order valence-electron chi connectivity index (χ3n) is 1.32. The highest BCUT2D eigenvalue weighted by atomic mass is 16.2. The number of nitriles is 1. The number of nitrogens with one attached hydrogen (secondary N) is 1. The van der Waals surface area contributed by atoms with Crippen molar-refractivity contribution in [1.82, 2.24) is 5.32 Å². The van der Waals surface area contributed by atoms with Crippen molar-refractivity contribution >= 4 is 18.0 Å². The van der Waals surface area contributed by atoms with Gasteiger partial charge in [0.1, 0.15) is 0 Å². The minimum atomic E-state index is -1.27. The van der Waals surface area contributed by atoms with Gasteiger partial charge in [0.25, 0.3) is 0 Å². The molecule has 0 heterocycles. The Labute approximate surface area is 75.7 Å². The van der Waals surface area contributed by atoms with E-state index in [0.717, 1.165) is 0 Å². The van der Waals surface area contributed by atoms with Crippen molar-refractivity contribution in [2.45, 2.75) is 13.3 Å². The molecule has 1 amide bonds. The molecule has 0 saturated carbocycles. The highest BCUT2D eigenvalue weighted by Gasteiger charge is 2.21. The minimum absolute atomic E-state index is 0.0573. The van der Waals surface area contributed by atoms with Crippen LogP contribution in [0.3, 0.4) is 0 Å². The molecule has 5 heteroatoms. The molecule has 0 aliphatic heterocycles. The Balaban J connectivity index is 4.01. The summed E-state index contributed by atoms with van der Waals surface area (Å²) >= 11 is 0. The summed E-state index contributed by atoms with van der Waals surface area (Å²) in [6.07, 6.45) is 1.63. The lowest BCUT2D eigenvalue weighted by Gasteiger charge is -2.04. The topological polar surface area (TPSA) is 87.0 Å². The first-order valence-corrected chi connectivity index (χ1v) is 3.66. The zero-order valence-corrected chi connectivity index (χ0v) is 7.16. The Kier molecular flexibility index (Phi) is 5.12. The maximum Gasteiger partial charge on any atom is 0.244 e. The third kappa shape index (κ3) is 4.01. The first-order valence-electron chi connectivity index (χ1n) is 3.66. The second-order valence-corrected chi connectivity index (χ2v) is 2.36. The van der Waals surface area contributed by atoms with Crippen molar-refractivity contribution in [3.63, 3.8) is 0 Å². The SMILES string of the molecule is CC(=O)[C@H](C#N)C(=O)NCC[C]=O. The quantitative estimate of drug-likeness (QED) is 0.450. The van der Waals surface area contributed by atoms with E-state index in [9.17, 15) is 14.4 Å². The smallest absolute Gasteiger partial charge is 0.244 e. The molecule has 5 nitrogen and oxygen atoms in total. The van der Waals surface area contributed by atoms with E-state index in [4.69, 9.17) is 5.26 Å². The molecule has 0 saturated heterocycles. The minimum Gasteiger partial charge on any atom is -0.354 e. The lowest BCUT2D eigenvalue weighted by atomic mass is 10.1. The average molecular weight is 181 g/mol. The number of carbonyl (C=O) groups is 2. The summed E-state index contributed by atoms with van der Waals surface area (Å²) in [5, 5.41) is 10.7. The number of hydrogen-bond acceptors (Lipinski definition) is 4. The molecule has 0 aliphatic carbocycles. The van der Waals surface area contributed by atoms with Gasteiger partial charge in [-0.2, -0.15) is 5.26 Å². The summed E-state index contributed by atoms with van der Waals surface area (Å²) in [6, 6.07) is 1.57. The van der Waals surface area contributed by atoms with Crippen LogP contribution in [0.4, 0.5) is 0 Å². The van der Waals surface area contributed by atoms with Crippen LogP contribution in [0.1, 0.15) is 13.3 Å². The van der Waals surface area contributed by atoms with Gasteiger partial charge in [0, 0.05) is 13.0 Å². The van der Waals surface area contributed by atoms with Crippen LogP contribution in [-0.4, -0.2) is 24.5 Å². The van der Waals surface area contributed by atoms with E-state index in [-0.39, 0.29) is 13.0 Å². The summed E-state index contributed by atoms with van der Waals surface area (Å²) in [5.41, 5.74) is 0. The molecule has 13 heavy (non-hydrogen) atoms. The zero-order valence-electron chi connectivity index (χ0n) is 7.16. The number of ketones is 1. The molecule has 1 N–H and O–H groups in total. The summed E-state index contributed by atoms with van der Waals surface area (Å²) in [7, 11) is 0. The fourth-order valence-corrected chi connectivity index (χ4v) is 0.673. The second-order valence-electron chi connectivity index (χ2n) is 2.36. The first-order chi connectivity index (χ1) is 6.13. The molecule has 1 atom stereocenters. The molecular formula is C8H9N2O3. The fourth-order valence-electron chi connectivity index (χ4n) is 0.673. The maximum absolute atomic E-state index is 11.0. The van der Waals surface area contributed by atoms with Gasteiger partial charge < -0.3 is 5.32 Å². The Bertz CT molecular complexity index is 255. The molecule has 0 rings (SSSR count). The van der Waals surface area contributed by atoms with Gasteiger partial charge >= 0.3 is 0 Å². The highest BCUT2D eigenvalue weighted by Crippen LogP contribution is 1.95. The highest BCUT2D eigenvalue weighted by molar-refractivity contribution is 6.02. The molecule has 0 aromatic carbocycles. The summed E-state index contributed by atoms with van der Waals surface area (Å²) in [4.78, 5) is 31.4. The Morgan fingerprint density at radius 2 is 2.15 bits per heavy atom. The summed E-state index contributed by atoms with van der Waals surface area (Å²) in [6.45, 7) is 1.27. The third-order valence-corrected chi connectivity index (χ3v) is 1.32. The molecule has 0 fully saturated rings. The van der Waals surface area contributed by atoms with Crippen LogP contribution < -0.4 is 5.32 Å². The molecular weight excluding hydrogens is 172 g/mol. The lowest BCUT2D eigenvalue weighted by molar-refractivity contribution is -0.130. The van der Waals surface area contributed by atoms with E-state index in [2.05, 4.69) is 5.32 Å². The van der Waals surface area contributed by atoms with Crippen LogP contribution in [0.25, 0.3) is 0 Å². The van der Waals surface area contributed by atoms with Crippen molar-refractivity contribution in [3.05, 3.63) is 0 Å². The van der Waals surface area contributed by atoms with Gasteiger partial charge in [0.2, 0.25) is 5.91 Å². The average Bonchev–Trinajstić information content (AvgIpc) is 2.05. The van der Waals surface area contributed by atoms with Crippen LogP contribution in [0.5, 0.6) is 0 Å². The maximum atomic E-state index is 11.0. The lowest BCUT2D eigenvalue weighted by Crippen LogP contribution is -2.34. The van der Waals surface area contributed by atoms with E-state index in [1.165, 1.54) is 6.92 Å². The van der Waals surface area contributed by atoms with Crippen molar-refractivity contribution in [1.29, 1.82) is 5.26 Å². The summed E-state index contributed by atoms with van der Waals surface area (Å²) in [5.74, 6) is -2.44. The predicted octanol–water partition coefficient (Wildman–Crippen LogP) is -0.669. The van der Waals surface area contributed by atoms with Gasteiger partial charge in [-0.15, -0.1) is 0 Å². The normalized spacial score (nSPS) is 11.1.